The van der Waals surface area contributed by atoms with Crippen molar-refractivity contribution in [2.45, 2.75) is 44.6 Å². The molecule has 130 valence electrons. The quantitative estimate of drug-likeness (QED) is 0.556. The van der Waals surface area contributed by atoms with Crippen LogP contribution in [0.5, 0.6) is 0 Å². The summed E-state index contributed by atoms with van der Waals surface area (Å²) in [5.74, 6) is 0.461. The molecule has 4 nitrogen and oxygen atoms in total. The summed E-state index contributed by atoms with van der Waals surface area (Å²) in [6.07, 6.45) is 6.46. The molecule has 0 bridgehead atoms. The van der Waals surface area contributed by atoms with Crippen molar-refractivity contribution in [1.29, 1.82) is 0 Å². The SMILES string of the molecule is O=C(C1CCCCC1)N1CC(=O)N2CCc3ccccc3C2C1.[I-]. The average Bonchev–Trinajstić information content (AvgIpc) is 2.61. The number of carbonyl (C=O) groups excluding carboxylic acids is 2. The molecule has 5 heteroatoms. The van der Waals surface area contributed by atoms with Crippen LogP contribution in [0.3, 0.4) is 0 Å². The first-order valence-corrected chi connectivity index (χ1v) is 8.90. The van der Waals surface area contributed by atoms with E-state index in [1.54, 1.807) is 0 Å². The van der Waals surface area contributed by atoms with Crippen LogP contribution in [0.15, 0.2) is 24.3 Å². The Morgan fingerprint density at radius 2 is 1.83 bits per heavy atom. The van der Waals surface area contributed by atoms with Crippen LogP contribution in [-0.2, 0) is 16.0 Å². The van der Waals surface area contributed by atoms with Crippen molar-refractivity contribution in [1.82, 2.24) is 9.80 Å². The molecule has 1 aliphatic carbocycles. The smallest absolute Gasteiger partial charge is 0.242 e. The predicted molar refractivity (Wildman–Crippen MR) is 87.8 cm³/mol. The molecular weight excluding hydrogens is 415 g/mol. The lowest BCUT2D eigenvalue weighted by molar-refractivity contribution is -0.152. The van der Waals surface area contributed by atoms with Gasteiger partial charge in [-0.2, -0.15) is 0 Å². The van der Waals surface area contributed by atoms with E-state index in [9.17, 15) is 9.59 Å². The normalized spacial score (nSPS) is 24.0. The van der Waals surface area contributed by atoms with Gasteiger partial charge in [0.2, 0.25) is 11.8 Å². The molecule has 1 aromatic rings. The van der Waals surface area contributed by atoms with E-state index in [2.05, 4.69) is 18.2 Å². The zero-order valence-electron chi connectivity index (χ0n) is 13.9. The van der Waals surface area contributed by atoms with Gasteiger partial charge in [-0.3, -0.25) is 9.59 Å². The monoisotopic (exact) mass is 439 g/mol. The number of amides is 2. The van der Waals surface area contributed by atoms with Gasteiger partial charge in [0.25, 0.3) is 0 Å². The number of nitrogens with zero attached hydrogens (tertiary/aromatic N) is 2. The fourth-order valence-electron chi connectivity index (χ4n) is 4.45. The number of fused-ring (bicyclic) bond motifs is 3. The van der Waals surface area contributed by atoms with E-state index in [1.807, 2.05) is 15.9 Å². The second kappa shape index (κ2) is 7.42. The topological polar surface area (TPSA) is 40.6 Å². The van der Waals surface area contributed by atoms with E-state index in [0.29, 0.717) is 6.54 Å². The summed E-state index contributed by atoms with van der Waals surface area (Å²) >= 11 is 0. The number of rotatable bonds is 1. The van der Waals surface area contributed by atoms with Gasteiger partial charge in [-0.1, -0.05) is 43.5 Å². The van der Waals surface area contributed by atoms with Crippen molar-refractivity contribution in [3.05, 3.63) is 35.4 Å². The summed E-state index contributed by atoms with van der Waals surface area (Å²) in [7, 11) is 0. The Bertz CT molecular complexity index is 628. The number of carbonyl (C=O) groups is 2. The van der Waals surface area contributed by atoms with Gasteiger partial charge >= 0.3 is 0 Å². The molecule has 1 aromatic carbocycles. The summed E-state index contributed by atoms with van der Waals surface area (Å²) in [6, 6.07) is 8.42. The summed E-state index contributed by atoms with van der Waals surface area (Å²) in [5.41, 5.74) is 2.56. The molecule has 1 saturated carbocycles. The minimum atomic E-state index is 0. The van der Waals surface area contributed by atoms with Crippen molar-refractivity contribution >= 4 is 11.8 Å². The van der Waals surface area contributed by atoms with E-state index in [0.717, 1.165) is 38.6 Å². The number of hydrogen-bond acceptors (Lipinski definition) is 2. The molecule has 0 radical (unpaired) electrons. The Balaban J connectivity index is 0.00000169. The predicted octanol–water partition coefficient (Wildman–Crippen LogP) is -0.461. The van der Waals surface area contributed by atoms with Crippen LogP contribution >= 0.6 is 0 Å². The van der Waals surface area contributed by atoms with Crippen LogP contribution in [-0.4, -0.2) is 41.2 Å². The van der Waals surface area contributed by atoms with Gasteiger partial charge in [0.1, 0.15) is 0 Å². The minimum absolute atomic E-state index is 0. The van der Waals surface area contributed by atoms with Crippen LogP contribution in [0.1, 0.15) is 49.3 Å². The van der Waals surface area contributed by atoms with Gasteiger partial charge < -0.3 is 33.8 Å². The van der Waals surface area contributed by atoms with Crippen LogP contribution in [0, 0.1) is 5.92 Å². The molecule has 4 rings (SSSR count). The number of piperazine rings is 1. The minimum Gasteiger partial charge on any atom is -1.00 e. The molecule has 0 N–H and O–H groups in total. The zero-order valence-corrected chi connectivity index (χ0v) is 16.1. The molecule has 1 atom stereocenters. The standard InChI is InChI=1S/C19H24N2O2.HI/c22-18-13-20(19(23)15-7-2-1-3-8-15)12-17-16-9-5-4-6-14(16)10-11-21(17)18;/h4-6,9,15,17H,1-3,7-8,10-13H2;1H/p-1. The van der Waals surface area contributed by atoms with E-state index < -0.39 is 0 Å². The van der Waals surface area contributed by atoms with E-state index in [4.69, 9.17) is 0 Å². The second-order valence-corrected chi connectivity index (χ2v) is 7.11. The van der Waals surface area contributed by atoms with Crippen molar-refractivity contribution in [2.75, 3.05) is 19.6 Å². The number of halogens is 1. The van der Waals surface area contributed by atoms with E-state index in [-0.39, 0.29) is 54.3 Å². The molecule has 0 spiro atoms. The van der Waals surface area contributed by atoms with Gasteiger partial charge in [0, 0.05) is 19.0 Å². The highest BCUT2D eigenvalue weighted by molar-refractivity contribution is 5.87. The Hall–Kier alpha value is -1.11. The number of hydrogen-bond donors (Lipinski definition) is 0. The van der Waals surface area contributed by atoms with Crippen molar-refractivity contribution in [3.8, 4) is 0 Å². The molecule has 0 aromatic heterocycles. The molecule has 2 amide bonds. The summed E-state index contributed by atoms with van der Waals surface area (Å²) in [5, 5.41) is 0. The Labute approximate surface area is 160 Å². The highest BCUT2D eigenvalue weighted by Gasteiger charge is 2.39. The first-order chi connectivity index (χ1) is 11.2. The molecule has 1 saturated heterocycles. The maximum atomic E-state index is 12.8. The molecule has 2 heterocycles. The van der Waals surface area contributed by atoms with Crippen molar-refractivity contribution < 1.29 is 33.6 Å². The van der Waals surface area contributed by atoms with Crippen LogP contribution < -0.4 is 24.0 Å². The Kier molecular flexibility index (Phi) is 5.47. The summed E-state index contributed by atoms with van der Waals surface area (Å²) in [4.78, 5) is 29.2. The van der Waals surface area contributed by atoms with Gasteiger partial charge in [-0.25, -0.2) is 0 Å². The maximum Gasteiger partial charge on any atom is 0.242 e. The molecule has 24 heavy (non-hydrogen) atoms. The third-order valence-corrected chi connectivity index (χ3v) is 5.72. The molecule has 2 aliphatic heterocycles. The summed E-state index contributed by atoms with van der Waals surface area (Å²) in [6.45, 7) is 1.72. The lowest BCUT2D eigenvalue weighted by atomic mass is 9.87. The van der Waals surface area contributed by atoms with E-state index >= 15 is 0 Å². The molecular formula is C19H24IN2O2-. The van der Waals surface area contributed by atoms with Gasteiger partial charge in [-0.15, -0.1) is 0 Å². The van der Waals surface area contributed by atoms with Gasteiger partial charge in [0.05, 0.1) is 12.6 Å². The fourth-order valence-corrected chi connectivity index (χ4v) is 4.45. The van der Waals surface area contributed by atoms with Crippen LogP contribution in [0.2, 0.25) is 0 Å². The summed E-state index contributed by atoms with van der Waals surface area (Å²) < 4.78 is 0. The lowest BCUT2D eigenvalue weighted by Gasteiger charge is -2.45. The second-order valence-electron chi connectivity index (χ2n) is 7.11. The van der Waals surface area contributed by atoms with Gasteiger partial charge in [0.15, 0.2) is 0 Å². The Morgan fingerprint density at radius 1 is 1.08 bits per heavy atom. The largest absolute Gasteiger partial charge is 1.00 e. The maximum absolute atomic E-state index is 12.8. The van der Waals surface area contributed by atoms with Crippen LogP contribution in [0.25, 0.3) is 0 Å². The number of benzene rings is 1. The molecule has 2 fully saturated rings. The third-order valence-electron chi connectivity index (χ3n) is 5.72. The molecule has 3 aliphatic rings. The van der Waals surface area contributed by atoms with Crippen LogP contribution in [0.4, 0.5) is 0 Å². The molecule has 1 unspecified atom stereocenters. The third kappa shape index (κ3) is 3.19. The first kappa shape index (κ1) is 17.7. The lowest BCUT2D eigenvalue weighted by Crippen LogP contribution is -3.00. The Morgan fingerprint density at radius 3 is 2.62 bits per heavy atom. The highest BCUT2D eigenvalue weighted by Crippen LogP contribution is 2.34. The zero-order chi connectivity index (χ0) is 15.8. The highest BCUT2D eigenvalue weighted by atomic mass is 127. The first-order valence-electron chi connectivity index (χ1n) is 8.90. The fraction of sp³-hybridized carbons (Fsp3) is 0.579. The van der Waals surface area contributed by atoms with Crippen molar-refractivity contribution in [2.24, 2.45) is 5.92 Å². The van der Waals surface area contributed by atoms with Crippen molar-refractivity contribution in [3.63, 3.8) is 0 Å². The van der Waals surface area contributed by atoms with E-state index in [1.165, 1.54) is 17.5 Å². The van der Waals surface area contributed by atoms with Gasteiger partial charge in [-0.05, 0) is 30.4 Å². The average molecular weight is 439 g/mol.